The quantitative estimate of drug-likeness (QED) is 0.372. The van der Waals surface area contributed by atoms with Crippen molar-refractivity contribution in [3.05, 3.63) is 115 Å². The van der Waals surface area contributed by atoms with E-state index in [9.17, 15) is 24.5 Å². The van der Waals surface area contributed by atoms with Gasteiger partial charge in [0, 0.05) is 15.6 Å². The summed E-state index contributed by atoms with van der Waals surface area (Å²) in [5.41, 5.74) is 1.20. The number of halogens is 2. The summed E-state index contributed by atoms with van der Waals surface area (Å²) in [6, 6.07) is 15.7. The molecule has 0 aliphatic carbocycles. The maximum absolute atomic E-state index is 13.9. The highest BCUT2D eigenvalue weighted by Crippen LogP contribution is 2.47. The molecule has 4 atom stereocenters. The van der Waals surface area contributed by atoms with Crippen LogP contribution < -0.4 is 0 Å². The average Bonchev–Trinajstić information content (AvgIpc) is 2.85. The van der Waals surface area contributed by atoms with E-state index in [1.54, 1.807) is 48.5 Å². The number of fused-ring (bicyclic) bond motifs is 1. The van der Waals surface area contributed by atoms with Crippen molar-refractivity contribution in [2.45, 2.75) is 24.0 Å². The van der Waals surface area contributed by atoms with Gasteiger partial charge in [0.1, 0.15) is 18.5 Å². The summed E-state index contributed by atoms with van der Waals surface area (Å²) in [5.74, 6) is -3.02. The first-order valence-corrected chi connectivity index (χ1v) is 11.4. The topological polar surface area (TPSA) is 116 Å². The second-order valence-electron chi connectivity index (χ2n) is 8.07. The molecule has 0 spiro atoms. The van der Waals surface area contributed by atoms with Crippen LogP contribution in [-0.2, 0) is 4.79 Å². The summed E-state index contributed by atoms with van der Waals surface area (Å²) < 4.78 is 0. The molecule has 3 aromatic rings. The third kappa shape index (κ3) is 4.54. The van der Waals surface area contributed by atoms with Gasteiger partial charge in [-0.3, -0.25) is 9.59 Å². The Bertz CT molecular complexity index is 1290. The predicted molar refractivity (Wildman–Crippen MR) is 132 cm³/mol. The number of hydrogen-bond donors (Lipinski definition) is 1. The van der Waals surface area contributed by atoms with Crippen molar-refractivity contribution in [2.24, 2.45) is 10.4 Å². The third-order valence-corrected chi connectivity index (χ3v) is 6.72. The average molecular weight is 512 g/mol. The molecule has 1 aliphatic rings. The first kappa shape index (κ1) is 24.5. The molecule has 0 saturated carbocycles. The van der Waals surface area contributed by atoms with E-state index in [4.69, 9.17) is 23.2 Å². The Morgan fingerprint density at radius 1 is 0.971 bits per heavy atom. The Kier molecular flexibility index (Phi) is 7.23. The van der Waals surface area contributed by atoms with Gasteiger partial charge in [0.2, 0.25) is 0 Å². The molecule has 1 N–H and O–H groups in total. The number of nitrogens with zero attached hydrogens (tertiary/aromatic N) is 3. The van der Waals surface area contributed by atoms with Crippen LogP contribution in [0.15, 0.2) is 83.2 Å². The predicted octanol–water partition coefficient (Wildman–Crippen LogP) is 6.00. The number of aliphatic carboxylic acids is 1. The molecule has 3 aromatic carbocycles. The maximum Gasteiger partial charge on any atom is 0.313 e. The molecule has 1 heterocycles. The fourth-order valence-electron chi connectivity index (χ4n) is 4.67. The number of carboxylic acids is 1. The van der Waals surface area contributed by atoms with Gasteiger partial charge in [-0.1, -0.05) is 88.2 Å². The van der Waals surface area contributed by atoms with Crippen molar-refractivity contribution < 1.29 is 14.7 Å². The van der Waals surface area contributed by atoms with Crippen molar-refractivity contribution >= 4 is 35.1 Å². The molecule has 0 fully saturated rings. The molecule has 0 bridgehead atoms. The van der Waals surface area contributed by atoms with Gasteiger partial charge in [0.15, 0.2) is 0 Å². The molecule has 8 nitrogen and oxygen atoms in total. The van der Waals surface area contributed by atoms with Crippen LogP contribution in [0.25, 0.3) is 0 Å². The number of carbonyl (C=O) groups excluding carboxylic acids is 1. The summed E-state index contributed by atoms with van der Waals surface area (Å²) in [5, 5.41) is 17.0. The molecule has 35 heavy (non-hydrogen) atoms. The Hall–Kier alpha value is -3.62. The highest BCUT2D eigenvalue weighted by molar-refractivity contribution is 6.35. The van der Waals surface area contributed by atoms with Crippen LogP contribution in [-0.4, -0.2) is 34.5 Å². The van der Waals surface area contributed by atoms with Gasteiger partial charge in [0.25, 0.3) is 5.91 Å². The number of rotatable bonds is 8. The summed E-state index contributed by atoms with van der Waals surface area (Å²) >= 11 is 12.6. The summed E-state index contributed by atoms with van der Waals surface area (Å²) in [7, 11) is 0. The molecule has 0 radical (unpaired) electrons. The van der Waals surface area contributed by atoms with Gasteiger partial charge in [0.05, 0.1) is 12.1 Å². The molecule has 2 unspecified atom stereocenters. The molecule has 1 amide bonds. The second-order valence-corrected chi connectivity index (χ2v) is 8.91. The van der Waals surface area contributed by atoms with Crippen molar-refractivity contribution in [2.75, 3.05) is 6.54 Å². The second kappa shape index (κ2) is 10.3. The fraction of sp³-hybridized carbons (Fsp3) is 0.200. The van der Waals surface area contributed by atoms with E-state index < -0.39 is 42.5 Å². The lowest BCUT2D eigenvalue weighted by Gasteiger charge is -2.45. The van der Waals surface area contributed by atoms with Crippen molar-refractivity contribution in [3.63, 3.8) is 0 Å². The molecule has 178 valence electrons. The molecular formula is C25H19Cl2N3O5. The lowest BCUT2D eigenvalue weighted by Crippen LogP contribution is -2.52. The van der Waals surface area contributed by atoms with E-state index in [0.29, 0.717) is 21.7 Å². The van der Waals surface area contributed by atoms with E-state index in [1.807, 2.05) is 0 Å². The van der Waals surface area contributed by atoms with E-state index in [0.717, 1.165) is 0 Å². The lowest BCUT2D eigenvalue weighted by atomic mass is 9.78. The molecular weight excluding hydrogens is 493 g/mol. The minimum atomic E-state index is -1.25. The minimum absolute atomic E-state index is 0.138. The SMILES string of the molecule is O=NC[C@H]([C@H](N=O)c1ccccc1)N1C(=O)c2ccccc2C(C(=O)O)C1c1ccc(Cl)cc1Cl. The number of amides is 1. The van der Waals surface area contributed by atoms with Gasteiger partial charge >= 0.3 is 5.97 Å². The number of carboxylic acid groups (broad SMARTS) is 1. The Morgan fingerprint density at radius 2 is 1.66 bits per heavy atom. The van der Waals surface area contributed by atoms with Gasteiger partial charge in [-0.05, 0) is 34.9 Å². The number of carbonyl (C=O) groups is 2. The molecule has 0 saturated heterocycles. The Labute approximate surface area is 210 Å². The van der Waals surface area contributed by atoms with Crippen molar-refractivity contribution in [3.8, 4) is 0 Å². The highest BCUT2D eigenvalue weighted by atomic mass is 35.5. The summed E-state index contributed by atoms with van der Waals surface area (Å²) in [4.78, 5) is 51.4. The monoisotopic (exact) mass is 511 g/mol. The molecule has 4 rings (SSSR count). The smallest absolute Gasteiger partial charge is 0.313 e. The fourth-order valence-corrected chi connectivity index (χ4v) is 5.19. The van der Waals surface area contributed by atoms with E-state index in [1.165, 1.54) is 29.2 Å². The standard InChI is InChI=1S/C25H19Cl2N3O5/c26-15-10-11-18(19(27)12-15)23-21(25(32)33)16-8-4-5-9-17(16)24(31)30(23)20(13-28-34)22(29-35)14-6-2-1-3-7-14/h1-12,20-23H,13H2,(H,32,33)/t20-,21?,22-,23?/m1/s1. The lowest BCUT2D eigenvalue weighted by molar-refractivity contribution is -0.141. The Balaban J connectivity index is 1.99. The van der Waals surface area contributed by atoms with Crippen LogP contribution >= 0.6 is 23.2 Å². The van der Waals surface area contributed by atoms with Crippen LogP contribution in [0.2, 0.25) is 10.0 Å². The zero-order chi connectivity index (χ0) is 25.1. The summed E-state index contributed by atoms with van der Waals surface area (Å²) in [6.45, 7) is -0.493. The molecule has 1 aliphatic heterocycles. The largest absolute Gasteiger partial charge is 0.481 e. The van der Waals surface area contributed by atoms with Crippen LogP contribution in [0.3, 0.4) is 0 Å². The third-order valence-electron chi connectivity index (χ3n) is 6.16. The van der Waals surface area contributed by atoms with Crippen LogP contribution in [0.4, 0.5) is 0 Å². The van der Waals surface area contributed by atoms with Gasteiger partial charge < -0.3 is 10.0 Å². The van der Waals surface area contributed by atoms with E-state index in [-0.39, 0.29) is 10.6 Å². The van der Waals surface area contributed by atoms with Gasteiger partial charge in [-0.25, -0.2) is 0 Å². The normalized spacial score (nSPS) is 18.9. The van der Waals surface area contributed by atoms with E-state index in [2.05, 4.69) is 10.4 Å². The van der Waals surface area contributed by atoms with Crippen LogP contribution in [0.5, 0.6) is 0 Å². The molecule has 10 heteroatoms. The van der Waals surface area contributed by atoms with Crippen molar-refractivity contribution in [1.29, 1.82) is 0 Å². The Morgan fingerprint density at radius 3 is 2.29 bits per heavy atom. The van der Waals surface area contributed by atoms with Crippen LogP contribution in [0, 0.1) is 9.81 Å². The number of nitroso groups, excluding NO2 is 2. The maximum atomic E-state index is 13.9. The molecule has 0 aromatic heterocycles. The first-order valence-electron chi connectivity index (χ1n) is 10.6. The van der Waals surface area contributed by atoms with E-state index >= 15 is 0 Å². The minimum Gasteiger partial charge on any atom is -0.481 e. The summed E-state index contributed by atoms with van der Waals surface area (Å²) in [6.07, 6.45) is 0. The van der Waals surface area contributed by atoms with Gasteiger partial charge in [-0.2, -0.15) is 9.81 Å². The number of benzene rings is 3. The zero-order valence-corrected chi connectivity index (χ0v) is 19.6. The van der Waals surface area contributed by atoms with Crippen LogP contribution in [0.1, 0.15) is 45.0 Å². The number of hydrogen-bond acceptors (Lipinski definition) is 6. The first-order chi connectivity index (χ1) is 16.9. The van der Waals surface area contributed by atoms with Crippen molar-refractivity contribution in [1.82, 2.24) is 4.90 Å². The highest BCUT2D eigenvalue weighted by Gasteiger charge is 2.49. The van der Waals surface area contributed by atoms with Gasteiger partial charge in [-0.15, -0.1) is 0 Å². The zero-order valence-electron chi connectivity index (χ0n) is 18.1.